The quantitative estimate of drug-likeness (QED) is 0.0605. The first-order valence-corrected chi connectivity index (χ1v) is 30.9. The SMILES string of the molecule is CCCCCCCCCCCCCCCc1c(CCCCCCCCCC)c(CCCCCCCCCC)c(CCCCCCCCCC)c(CCCCCCCCCC)c1-n1ccnc1. The summed E-state index contributed by atoms with van der Waals surface area (Å²) in [5, 5.41) is 0. The molecular formula is C64H118N2. The molecule has 0 unspecified atom stereocenters. The van der Waals surface area contributed by atoms with Crippen LogP contribution in [0.5, 0.6) is 0 Å². The van der Waals surface area contributed by atoms with Gasteiger partial charge in [-0.2, -0.15) is 0 Å². The highest BCUT2D eigenvalue weighted by molar-refractivity contribution is 5.60. The van der Waals surface area contributed by atoms with E-state index in [0.29, 0.717) is 0 Å². The Hall–Kier alpha value is -1.57. The Morgan fingerprint density at radius 1 is 0.258 bits per heavy atom. The fourth-order valence-corrected chi connectivity index (χ4v) is 11.2. The summed E-state index contributed by atoms with van der Waals surface area (Å²) in [5.41, 5.74) is 10.6. The highest BCUT2D eigenvalue weighted by Crippen LogP contribution is 2.38. The molecule has 0 aliphatic rings. The van der Waals surface area contributed by atoms with E-state index in [9.17, 15) is 0 Å². The molecule has 2 heteroatoms. The Bertz CT molecular complexity index is 1290. The zero-order valence-electron chi connectivity index (χ0n) is 46.0. The smallest absolute Gasteiger partial charge is 0.0991 e. The molecule has 0 amide bonds. The van der Waals surface area contributed by atoms with Crippen molar-refractivity contribution >= 4 is 0 Å². The fourth-order valence-electron chi connectivity index (χ4n) is 11.2. The lowest BCUT2D eigenvalue weighted by Crippen LogP contribution is -2.16. The van der Waals surface area contributed by atoms with Crippen molar-refractivity contribution in [3.8, 4) is 5.69 Å². The van der Waals surface area contributed by atoms with E-state index in [4.69, 9.17) is 4.98 Å². The Morgan fingerprint density at radius 3 is 0.667 bits per heavy atom. The van der Waals surface area contributed by atoms with Gasteiger partial charge in [-0.05, 0) is 92.0 Å². The molecule has 2 aromatic rings. The molecule has 0 radical (unpaired) electrons. The van der Waals surface area contributed by atoms with Crippen LogP contribution in [0, 0.1) is 0 Å². The van der Waals surface area contributed by atoms with E-state index in [1.54, 1.807) is 16.8 Å². The normalized spacial score (nSPS) is 11.7. The van der Waals surface area contributed by atoms with Gasteiger partial charge in [-0.1, -0.05) is 291 Å². The van der Waals surface area contributed by atoms with Crippen LogP contribution in [0.15, 0.2) is 18.7 Å². The van der Waals surface area contributed by atoms with Crippen LogP contribution in [-0.2, 0) is 32.1 Å². The molecule has 0 bridgehead atoms. The van der Waals surface area contributed by atoms with Gasteiger partial charge in [0.05, 0.1) is 12.0 Å². The molecule has 0 atom stereocenters. The maximum absolute atomic E-state index is 4.77. The fraction of sp³-hybridized carbons (Fsp3) is 0.859. The molecule has 0 aliphatic carbocycles. The standard InChI is InChI=1S/C64H118N2/c1-6-11-16-21-26-31-32-33-34-35-40-45-50-55-63-61(53-48-43-38-29-24-19-14-9-4)59(51-46-41-36-27-22-17-12-7-2)60(52-47-42-37-28-23-18-13-8-3)62(64(63)66-57-56-65-58-66)54-49-44-39-30-25-20-15-10-5/h56-58H,6-55H2,1-5H3. The number of hydrogen-bond acceptors (Lipinski definition) is 1. The van der Waals surface area contributed by atoms with Crippen LogP contribution in [0.1, 0.15) is 351 Å². The minimum absolute atomic E-state index is 1.25. The predicted octanol–water partition coefficient (Wildman–Crippen LogP) is 22.2. The first-order chi connectivity index (χ1) is 32.7. The number of imidazole rings is 1. The Morgan fingerprint density at radius 2 is 0.455 bits per heavy atom. The van der Waals surface area contributed by atoms with Crippen molar-refractivity contribution in [2.24, 2.45) is 0 Å². The van der Waals surface area contributed by atoms with Crippen molar-refractivity contribution in [2.45, 2.75) is 356 Å². The summed E-state index contributed by atoms with van der Waals surface area (Å²) in [6, 6.07) is 0. The Kier molecular flexibility index (Phi) is 42.1. The maximum Gasteiger partial charge on any atom is 0.0991 e. The summed E-state index contributed by atoms with van der Waals surface area (Å²) in [4.78, 5) is 4.77. The van der Waals surface area contributed by atoms with Crippen molar-refractivity contribution in [3.05, 3.63) is 46.5 Å². The molecule has 0 saturated heterocycles. The number of unbranched alkanes of at least 4 members (excludes halogenated alkanes) is 40. The largest absolute Gasteiger partial charge is 0.306 e. The molecule has 2 nitrogen and oxygen atoms in total. The van der Waals surface area contributed by atoms with Crippen LogP contribution in [0.25, 0.3) is 5.69 Å². The van der Waals surface area contributed by atoms with E-state index in [0.717, 1.165) is 0 Å². The molecule has 0 saturated carbocycles. The molecule has 1 aromatic carbocycles. The summed E-state index contributed by atoms with van der Waals surface area (Å²) >= 11 is 0. The van der Waals surface area contributed by atoms with Gasteiger partial charge in [-0.3, -0.25) is 0 Å². The third-order valence-corrected chi connectivity index (χ3v) is 15.4. The molecule has 0 fully saturated rings. The van der Waals surface area contributed by atoms with Crippen LogP contribution < -0.4 is 0 Å². The van der Waals surface area contributed by atoms with Gasteiger partial charge in [0.25, 0.3) is 0 Å². The van der Waals surface area contributed by atoms with Gasteiger partial charge in [-0.15, -0.1) is 0 Å². The second-order valence-corrected chi connectivity index (χ2v) is 21.6. The number of hydrogen-bond donors (Lipinski definition) is 0. The van der Waals surface area contributed by atoms with Crippen molar-refractivity contribution in [1.29, 1.82) is 0 Å². The van der Waals surface area contributed by atoms with Gasteiger partial charge < -0.3 is 4.57 Å². The highest BCUT2D eigenvalue weighted by Gasteiger charge is 2.24. The van der Waals surface area contributed by atoms with Gasteiger partial charge in [0.2, 0.25) is 0 Å². The summed E-state index contributed by atoms with van der Waals surface area (Å²) in [6.45, 7) is 11.7. The monoisotopic (exact) mass is 915 g/mol. The lowest BCUT2D eigenvalue weighted by atomic mass is 9.80. The van der Waals surface area contributed by atoms with Gasteiger partial charge >= 0.3 is 0 Å². The lowest BCUT2D eigenvalue weighted by Gasteiger charge is -2.28. The van der Waals surface area contributed by atoms with E-state index >= 15 is 0 Å². The Labute approximate surface area is 415 Å². The molecular weight excluding hydrogens is 797 g/mol. The average Bonchev–Trinajstić information content (AvgIpc) is 3.87. The third kappa shape index (κ3) is 30.1. The van der Waals surface area contributed by atoms with Crippen LogP contribution in [0.2, 0.25) is 0 Å². The van der Waals surface area contributed by atoms with E-state index in [1.165, 1.54) is 321 Å². The first-order valence-electron chi connectivity index (χ1n) is 30.9. The van der Waals surface area contributed by atoms with Gasteiger partial charge in [0.15, 0.2) is 0 Å². The van der Waals surface area contributed by atoms with E-state index in [-0.39, 0.29) is 0 Å². The average molecular weight is 916 g/mol. The van der Waals surface area contributed by atoms with Crippen LogP contribution in [0.3, 0.4) is 0 Å². The minimum Gasteiger partial charge on any atom is -0.306 e. The molecule has 66 heavy (non-hydrogen) atoms. The minimum atomic E-state index is 1.25. The lowest BCUT2D eigenvalue weighted by molar-refractivity contribution is 0.538. The van der Waals surface area contributed by atoms with E-state index in [2.05, 4.69) is 57.9 Å². The molecule has 0 spiro atoms. The zero-order chi connectivity index (χ0) is 47.2. The molecule has 0 aliphatic heterocycles. The molecule has 1 aromatic heterocycles. The number of benzene rings is 1. The molecule has 1 heterocycles. The summed E-state index contributed by atoms with van der Waals surface area (Å²) in [5.74, 6) is 0. The molecule has 2 rings (SSSR count). The van der Waals surface area contributed by atoms with Crippen LogP contribution in [0.4, 0.5) is 0 Å². The van der Waals surface area contributed by atoms with Crippen LogP contribution in [-0.4, -0.2) is 9.55 Å². The number of aromatic nitrogens is 2. The second-order valence-electron chi connectivity index (χ2n) is 21.6. The van der Waals surface area contributed by atoms with E-state index in [1.807, 2.05) is 16.7 Å². The van der Waals surface area contributed by atoms with E-state index < -0.39 is 0 Å². The summed E-state index contributed by atoms with van der Waals surface area (Å²) < 4.78 is 2.52. The van der Waals surface area contributed by atoms with Crippen LogP contribution >= 0.6 is 0 Å². The van der Waals surface area contributed by atoms with Gasteiger partial charge in [0.1, 0.15) is 0 Å². The van der Waals surface area contributed by atoms with Crippen molar-refractivity contribution < 1.29 is 0 Å². The maximum atomic E-state index is 4.77. The van der Waals surface area contributed by atoms with Crippen molar-refractivity contribution in [2.75, 3.05) is 0 Å². The van der Waals surface area contributed by atoms with Crippen molar-refractivity contribution in [1.82, 2.24) is 9.55 Å². The topological polar surface area (TPSA) is 17.8 Å². The van der Waals surface area contributed by atoms with Crippen molar-refractivity contribution in [3.63, 3.8) is 0 Å². The highest BCUT2D eigenvalue weighted by atomic mass is 15.0. The molecule has 384 valence electrons. The number of rotatable bonds is 51. The third-order valence-electron chi connectivity index (χ3n) is 15.4. The first kappa shape index (κ1) is 60.6. The van der Waals surface area contributed by atoms with Gasteiger partial charge in [-0.25, -0.2) is 4.98 Å². The zero-order valence-corrected chi connectivity index (χ0v) is 46.0. The summed E-state index contributed by atoms with van der Waals surface area (Å²) in [7, 11) is 0. The Balaban J connectivity index is 2.48. The summed E-state index contributed by atoms with van der Waals surface area (Å²) in [6.07, 6.45) is 76.4. The predicted molar refractivity (Wildman–Crippen MR) is 298 cm³/mol. The molecule has 0 N–H and O–H groups in total. The second kappa shape index (κ2) is 45.8. The van der Waals surface area contributed by atoms with Gasteiger partial charge in [0, 0.05) is 12.4 Å². The number of nitrogens with zero attached hydrogens (tertiary/aromatic N) is 2.